The van der Waals surface area contributed by atoms with Gasteiger partial charge in [-0.3, -0.25) is 4.79 Å². The zero-order chi connectivity index (χ0) is 12.8. The minimum absolute atomic E-state index is 0.0611. The molecule has 0 bridgehead atoms. The quantitative estimate of drug-likeness (QED) is 0.817. The molecule has 1 rings (SSSR count). The fourth-order valence-corrected chi connectivity index (χ4v) is 1.42. The third kappa shape index (κ3) is 4.03. The van der Waals surface area contributed by atoms with Crippen LogP contribution in [0.4, 0.5) is 0 Å². The van der Waals surface area contributed by atoms with Crippen molar-refractivity contribution >= 4 is 5.91 Å². The first-order chi connectivity index (χ1) is 8.04. The van der Waals surface area contributed by atoms with E-state index in [1.54, 1.807) is 32.3 Å². The lowest BCUT2D eigenvalue weighted by molar-refractivity contribution is -0.130. The normalized spacial score (nSPS) is 12.0. The molecule has 0 saturated heterocycles. The lowest BCUT2D eigenvalue weighted by atomic mass is 10.2. The predicted octanol–water partition coefficient (Wildman–Crippen LogP) is 0.656. The smallest absolute Gasteiger partial charge is 0.238 e. The van der Waals surface area contributed by atoms with Gasteiger partial charge in [-0.05, 0) is 18.6 Å². The van der Waals surface area contributed by atoms with Crippen molar-refractivity contribution in [3.63, 3.8) is 0 Å². The van der Waals surface area contributed by atoms with E-state index in [4.69, 9.17) is 4.74 Å². The van der Waals surface area contributed by atoms with Crippen LogP contribution in [0.5, 0.6) is 5.88 Å². The molecule has 1 N–H and O–H groups in total. The number of hydrogen-bond acceptors (Lipinski definition) is 4. The highest BCUT2D eigenvalue weighted by Gasteiger charge is 2.13. The fraction of sp³-hybridized carbons (Fsp3) is 0.500. The van der Waals surface area contributed by atoms with Crippen LogP contribution in [0.15, 0.2) is 18.3 Å². The van der Waals surface area contributed by atoms with E-state index in [9.17, 15) is 4.79 Å². The molecular formula is C12H19N3O2. The van der Waals surface area contributed by atoms with Crippen molar-refractivity contribution in [3.8, 4) is 5.88 Å². The average molecular weight is 237 g/mol. The van der Waals surface area contributed by atoms with Crippen LogP contribution in [0.2, 0.25) is 0 Å². The Labute approximate surface area is 102 Å². The highest BCUT2D eigenvalue weighted by Crippen LogP contribution is 2.08. The van der Waals surface area contributed by atoms with Gasteiger partial charge >= 0.3 is 0 Å². The van der Waals surface area contributed by atoms with Crippen LogP contribution in [-0.4, -0.2) is 43.0 Å². The van der Waals surface area contributed by atoms with Crippen LogP contribution >= 0.6 is 0 Å². The summed E-state index contributed by atoms with van der Waals surface area (Å²) in [4.78, 5) is 17.2. The number of methoxy groups -OCH3 is 1. The van der Waals surface area contributed by atoms with Crippen molar-refractivity contribution in [2.75, 3.05) is 21.2 Å². The molecule has 5 heteroatoms. The molecule has 5 nitrogen and oxygen atoms in total. The van der Waals surface area contributed by atoms with Crippen molar-refractivity contribution in [1.29, 1.82) is 0 Å². The molecule has 0 aliphatic carbocycles. The Hall–Kier alpha value is -1.62. The molecular weight excluding hydrogens is 218 g/mol. The van der Waals surface area contributed by atoms with Gasteiger partial charge in [0.1, 0.15) is 0 Å². The number of pyridine rings is 1. The lowest BCUT2D eigenvalue weighted by Gasteiger charge is -2.18. The number of hydrogen-bond donors (Lipinski definition) is 1. The van der Waals surface area contributed by atoms with Crippen molar-refractivity contribution < 1.29 is 9.53 Å². The SMILES string of the molecule is COc1cc(CNC(C)C(=O)N(C)C)ccn1. The topological polar surface area (TPSA) is 54.5 Å². The maximum atomic E-state index is 11.6. The molecule has 1 unspecified atom stereocenters. The molecule has 1 heterocycles. The summed E-state index contributed by atoms with van der Waals surface area (Å²) in [6, 6.07) is 3.53. The van der Waals surface area contributed by atoms with Crippen molar-refractivity contribution in [1.82, 2.24) is 15.2 Å². The average Bonchev–Trinajstić information content (AvgIpc) is 2.35. The number of nitrogens with zero attached hydrogens (tertiary/aromatic N) is 2. The number of amides is 1. The second-order valence-corrected chi connectivity index (χ2v) is 4.04. The van der Waals surface area contributed by atoms with Crippen LogP contribution in [0, 0.1) is 0 Å². The molecule has 1 amide bonds. The third-order valence-electron chi connectivity index (χ3n) is 2.43. The van der Waals surface area contributed by atoms with E-state index in [1.165, 1.54) is 0 Å². The van der Waals surface area contributed by atoms with Crippen LogP contribution < -0.4 is 10.1 Å². The molecule has 1 atom stereocenters. The first-order valence-electron chi connectivity index (χ1n) is 5.48. The Balaban J connectivity index is 2.52. The van der Waals surface area contributed by atoms with Crippen LogP contribution in [0.25, 0.3) is 0 Å². The predicted molar refractivity (Wildman–Crippen MR) is 65.8 cm³/mol. The van der Waals surface area contributed by atoms with Crippen molar-refractivity contribution in [2.45, 2.75) is 19.5 Å². The second kappa shape index (κ2) is 6.20. The number of aromatic nitrogens is 1. The minimum Gasteiger partial charge on any atom is -0.481 e. The maximum absolute atomic E-state index is 11.6. The Morgan fingerprint density at radius 3 is 2.88 bits per heavy atom. The summed E-state index contributed by atoms with van der Waals surface area (Å²) in [6.07, 6.45) is 1.69. The zero-order valence-electron chi connectivity index (χ0n) is 10.7. The standard InChI is InChI=1S/C12H19N3O2/c1-9(12(16)15(2)3)14-8-10-5-6-13-11(7-10)17-4/h5-7,9,14H,8H2,1-4H3. The molecule has 17 heavy (non-hydrogen) atoms. The fourth-order valence-electron chi connectivity index (χ4n) is 1.42. The molecule has 0 fully saturated rings. The molecule has 0 spiro atoms. The van der Waals surface area contributed by atoms with Gasteiger partial charge in [0.15, 0.2) is 0 Å². The Bertz CT molecular complexity index is 380. The van der Waals surface area contributed by atoms with E-state index >= 15 is 0 Å². The number of carbonyl (C=O) groups is 1. The van der Waals surface area contributed by atoms with Gasteiger partial charge in [-0.15, -0.1) is 0 Å². The van der Waals surface area contributed by atoms with Crippen LogP contribution in [0.3, 0.4) is 0 Å². The van der Waals surface area contributed by atoms with E-state index in [1.807, 2.05) is 19.1 Å². The summed E-state index contributed by atoms with van der Waals surface area (Å²) in [7, 11) is 5.07. The van der Waals surface area contributed by atoms with Gasteiger partial charge in [-0.1, -0.05) is 0 Å². The first-order valence-corrected chi connectivity index (χ1v) is 5.48. The molecule has 0 aromatic carbocycles. The van der Waals surface area contributed by atoms with Gasteiger partial charge in [0, 0.05) is 32.9 Å². The van der Waals surface area contributed by atoms with E-state index < -0.39 is 0 Å². The number of ether oxygens (including phenoxy) is 1. The van der Waals surface area contributed by atoms with E-state index in [-0.39, 0.29) is 11.9 Å². The number of carbonyl (C=O) groups excluding carboxylic acids is 1. The minimum atomic E-state index is -0.204. The van der Waals surface area contributed by atoms with E-state index in [2.05, 4.69) is 10.3 Å². The summed E-state index contributed by atoms with van der Waals surface area (Å²) >= 11 is 0. The molecule has 0 aliphatic rings. The summed E-state index contributed by atoms with van der Waals surface area (Å²) in [6.45, 7) is 2.46. The van der Waals surface area contributed by atoms with Gasteiger partial charge < -0.3 is 15.0 Å². The van der Waals surface area contributed by atoms with Gasteiger partial charge in [0.2, 0.25) is 11.8 Å². The second-order valence-electron chi connectivity index (χ2n) is 4.04. The summed E-state index contributed by atoms with van der Waals surface area (Å²) in [5.74, 6) is 0.641. The van der Waals surface area contributed by atoms with Crippen molar-refractivity contribution in [2.24, 2.45) is 0 Å². The van der Waals surface area contributed by atoms with E-state index in [0.717, 1.165) is 5.56 Å². The van der Waals surface area contributed by atoms with Gasteiger partial charge in [0.05, 0.1) is 13.2 Å². The summed E-state index contributed by atoms with van der Waals surface area (Å²) in [5, 5.41) is 3.16. The lowest BCUT2D eigenvalue weighted by Crippen LogP contribution is -2.41. The molecule has 0 radical (unpaired) electrons. The number of rotatable bonds is 5. The Morgan fingerprint density at radius 1 is 1.59 bits per heavy atom. The Kier molecular flexibility index (Phi) is 4.90. The summed E-state index contributed by atoms with van der Waals surface area (Å²) < 4.78 is 5.03. The van der Waals surface area contributed by atoms with Crippen LogP contribution in [0.1, 0.15) is 12.5 Å². The van der Waals surface area contributed by atoms with Crippen LogP contribution in [-0.2, 0) is 11.3 Å². The van der Waals surface area contributed by atoms with Gasteiger partial charge in [-0.25, -0.2) is 4.98 Å². The molecule has 0 saturated carbocycles. The molecule has 1 aromatic rings. The molecule has 0 aliphatic heterocycles. The number of likely N-dealkylation sites (N-methyl/N-ethyl adjacent to an activating group) is 1. The monoisotopic (exact) mass is 237 g/mol. The first kappa shape index (κ1) is 13.4. The summed E-state index contributed by atoms with van der Waals surface area (Å²) in [5.41, 5.74) is 1.04. The van der Waals surface area contributed by atoms with Gasteiger partial charge in [0.25, 0.3) is 0 Å². The highest BCUT2D eigenvalue weighted by molar-refractivity contribution is 5.80. The zero-order valence-corrected chi connectivity index (χ0v) is 10.7. The van der Waals surface area contributed by atoms with Crippen molar-refractivity contribution in [3.05, 3.63) is 23.9 Å². The van der Waals surface area contributed by atoms with Gasteiger partial charge in [-0.2, -0.15) is 0 Å². The Morgan fingerprint density at radius 2 is 2.29 bits per heavy atom. The number of nitrogens with one attached hydrogen (secondary N) is 1. The maximum Gasteiger partial charge on any atom is 0.238 e. The highest BCUT2D eigenvalue weighted by atomic mass is 16.5. The third-order valence-corrected chi connectivity index (χ3v) is 2.43. The molecule has 1 aromatic heterocycles. The molecule has 94 valence electrons. The largest absolute Gasteiger partial charge is 0.481 e. The van der Waals surface area contributed by atoms with E-state index in [0.29, 0.717) is 12.4 Å².